The molecule has 0 saturated carbocycles. The van der Waals surface area contributed by atoms with Gasteiger partial charge in [0, 0.05) is 15.8 Å². The van der Waals surface area contributed by atoms with Gasteiger partial charge in [-0.15, -0.1) is 0 Å². The smallest absolute Gasteiger partial charge is 0.322 e. The van der Waals surface area contributed by atoms with E-state index in [1.54, 1.807) is 0 Å². The van der Waals surface area contributed by atoms with Gasteiger partial charge in [0.2, 0.25) is 0 Å². The predicted molar refractivity (Wildman–Crippen MR) is 46.4 cm³/mol. The van der Waals surface area contributed by atoms with Crippen molar-refractivity contribution < 1.29 is 4.92 Å². The molecule has 0 aromatic carbocycles. The molecular weight excluding hydrogens is 263 g/mol. The lowest BCUT2D eigenvalue weighted by atomic mass is 10.4. The lowest BCUT2D eigenvalue weighted by Gasteiger charge is -1.89. The quantitative estimate of drug-likeness (QED) is 0.466. The van der Waals surface area contributed by atoms with Crippen molar-refractivity contribution in [2.24, 2.45) is 0 Å². The van der Waals surface area contributed by atoms with Gasteiger partial charge >= 0.3 is 11.2 Å². The van der Waals surface area contributed by atoms with Gasteiger partial charge in [-0.05, 0) is 22.6 Å². The van der Waals surface area contributed by atoms with Crippen molar-refractivity contribution in [3.63, 3.8) is 0 Å². The van der Waals surface area contributed by atoms with Crippen molar-refractivity contribution in [1.82, 2.24) is 4.98 Å². The molecule has 1 heterocycles. The maximum Gasteiger partial charge on any atom is 0.334 e. The fraction of sp³-hybridized carbons (Fsp3) is 0. The highest BCUT2D eigenvalue weighted by Crippen LogP contribution is 2.07. The van der Waals surface area contributed by atoms with Gasteiger partial charge in [-0.2, -0.15) is 0 Å². The first-order valence-corrected chi connectivity index (χ1v) is 3.72. The maximum atomic E-state index is 10.7. The van der Waals surface area contributed by atoms with Crippen LogP contribution in [0.5, 0.6) is 0 Å². The van der Waals surface area contributed by atoms with Crippen LogP contribution in [0.4, 0.5) is 5.69 Å². The van der Waals surface area contributed by atoms with Crippen molar-refractivity contribution in [3.05, 3.63) is 36.3 Å². The second kappa shape index (κ2) is 2.99. The zero-order valence-corrected chi connectivity index (χ0v) is 7.36. The van der Waals surface area contributed by atoms with Crippen LogP contribution in [0.1, 0.15) is 0 Å². The van der Waals surface area contributed by atoms with Crippen LogP contribution in [-0.4, -0.2) is 9.91 Å². The number of H-pyrrole nitrogens is 1. The molecule has 0 bridgehead atoms. The van der Waals surface area contributed by atoms with E-state index in [0.29, 0.717) is 3.57 Å². The van der Waals surface area contributed by atoms with Crippen LogP contribution in [0, 0.1) is 13.7 Å². The Morgan fingerprint density at radius 2 is 2.27 bits per heavy atom. The molecule has 0 fully saturated rings. The molecule has 0 aliphatic carbocycles. The molecule has 0 aliphatic heterocycles. The average Bonchev–Trinajstić information content (AvgIpc) is 1.94. The van der Waals surface area contributed by atoms with Crippen LogP contribution in [0.2, 0.25) is 0 Å². The Balaban J connectivity index is 3.35. The Kier molecular flexibility index (Phi) is 2.22. The number of aromatic amines is 1. The summed E-state index contributed by atoms with van der Waals surface area (Å²) in [5, 5.41) is 10.2. The SMILES string of the molecule is O=c1[nH]cc(I)cc1[N+](=O)[O-]. The topological polar surface area (TPSA) is 76.0 Å². The van der Waals surface area contributed by atoms with Crippen LogP contribution in [-0.2, 0) is 0 Å². The molecule has 5 nitrogen and oxygen atoms in total. The zero-order valence-electron chi connectivity index (χ0n) is 5.20. The fourth-order valence-corrected chi connectivity index (χ4v) is 1.03. The predicted octanol–water partition coefficient (Wildman–Crippen LogP) is 0.888. The monoisotopic (exact) mass is 266 g/mol. The molecule has 0 aliphatic rings. The van der Waals surface area contributed by atoms with Gasteiger partial charge < -0.3 is 4.98 Å². The molecule has 0 unspecified atom stereocenters. The van der Waals surface area contributed by atoms with Gasteiger partial charge in [0.1, 0.15) is 0 Å². The van der Waals surface area contributed by atoms with Crippen LogP contribution in [0.3, 0.4) is 0 Å². The first-order valence-electron chi connectivity index (χ1n) is 2.64. The molecule has 0 atom stereocenters. The van der Waals surface area contributed by atoms with Gasteiger partial charge in [-0.25, -0.2) is 0 Å². The zero-order chi connectivity index (χ0) is 8.43. The lowest BCUT2D eigenvalue weighted by molar-refractivity contribution is -0.386. The first-order chi connectivity index (χ1) is 5.11. The Hall–Kier alpha value is -0.920. The Labute approximate surface area is 74.7 Å². The van der Waals surface area contributed by atoms with E-state index < -0.39 is 16.2 Å². The number of hydrogen-bond donors (Lipinski definition) is 1. The van der Waals surface area contributed by atoms with E-state index in [-0.39, 0.29) is 0 Å². The molecule has 1 aromatic rings. The number of aromatic nitrogens is 1. The number of nitrogens with one attached hydrogen (secondary N) is 1. The molecule has 1 aromatic heterocycles. The highest BCUT2D eigenvalue weighted by Gasteiger charge is 2.10. The van der Waals surface area contributed by atoms with Crippen molar-refractivity contribution in [2.75, 3.05) is 0 Å². The summed E-state index contributed by atoms with van der Waals surface area (Å²) in [5.74, 6) is 0. The van der Waals surface area contributed by atoms with Gasteiger partial charge in [0.05, 0.1) is 4.92 Å². The number of pyridine rings is 1. The molecule has 58 valence electrons. The Bertz CT molecular complexity index is 346. The molecular formula is C5H3IN2O3. The minimum Gasteiger partial charge on any atom is -0.322 e. The van der Waals surface area contributed by atoms with Crippen LogP contribution in [0.25, 0.3) is 0 Å². The number of halogens is 1. The summed E-state index contributed by atoms with van der Waals surface area (Å²) < 4.78 is 0.633. The van der Waals surface area contributed by atoms with E-state index in [2.05, 4.69) is 4.98 Å². The van der Waals surface area contributed by atoms with Gasteiger partial charge in [-0.3, -0.25) is 14.9 Å². The Morgan fingerprint density at radius 3 is 2.73 bits per heavy atom. The lowest BCUT2D eigenvalue weighted by Crippen LogP contribution is -2.10. The maximum absolute atomic E-state index is 10.7. The van der Waals surface area contributed by atoms with E-state index in [1.165, 1.54) is 12.3 Å². The molecule has 0 spiro atoms. The fourth-order valence-electron chi connectivity index (χ4n) is 0.582. The minimum absolute atomic E-state index is 0.420. The van der Waals surface area contributed by atoms with E-state index in [9.17, 15) is 14.9 Å². The summed E-state index contributed by atoms with van der Waals surface area (Å²) in [6.45, 7) is 0. The highest BCUT2D eigenvalue weighted by atomic mass is 127. The van der Waals surface area contributed by atoms with Crippen molar-refractivity contribution >= 4 is 28.3 Å². The number of hydrogen-bond acceptors (Lipinski definition) is 3. The third-order valence-electron chi connectivity index (χ3n) is 1.05. The average molecular weight is 266 g/mol. The van der Waals surface area contributed by atoms with E-state index in [1.807, 2.05) is 22.6 Å². The van der Waals surface area contributed by atoms with Crippen molar-refractivity contribution in [1.29, 1.82) is 0 Å². The summed E-state index contributed by atoms with van der Waals surface area (Å²) in [4.78, 5) is 22.4. The van der Waals surface area contributed by atoms with Crippen LogP contribution < -0.4 is 5.56 Å². The van der Waals surface area contributed by atoms with E-state index in [0.717, 1.165) is 0 Å². The first kappa shape index (κ1) is 8.18. The van der Waals surface area contributed by atoms with Crippen LogP contribution >= 0.6 is 22.6 Å². The van der Waals surface area contributed by atoms with Gasteiger partial charge in [0.15, 0.2) is 0 Å². The second-order valence-corrected chi connectivity index (χ2v) is 3.04. The highest BCUT2D eigenvalue weighted by molar-refractivity contribution is 14.1. The normalized spacial score (nSPS) is 9.55. The molecule has 0 amide bonds. The third kappa shape index (κ3) is 1.76. The van der Waals surface area contributed by atoms with Crippen molar-refractivity contribution in [2.45, 2.75) is 0 Å². The minimum atomic E-state index is -0.707. The Morgan fingerprint density at radius 1 is 1.64 bits per heavy atom. The standard InChI is InChI=1S/C5H3IN2O3/c6-3-1-4(8(10)11)5(9)7-2-3/h1-2H,(H,7,9). The van der Waals surface area contributed by atoms with Crippen molar-refractivity contribution in [3.8, 4) is 0 Å². The molecule has 0 radical (unpaired) electrons. The molecule has 11 heavy (non-hydrogen) atoms. The van der Waals surface area contributed by atoms with Gasteiger partial charge in [0.25, 0.3) is 0 Å². The second-order valence-electron chi connectivity index (χ2n) is 1.79. The van der Waals surface area contributed by atoms with Gasteiger partial charge in [-0.1, -0.05) is 0 Å². The van der Waals surface area contributed by atoms with Crippen LogP contribution in [0.15, 0.2) is 17.1 Å². The summed E-state index contributed by atoms with van der Waals surface area (Å²) >= 11 is 1.88. The molecule has 1 N–H and O–H groups in total. The summed E-state index contributed by atoms with van der Waals surface area (Å²) in [7, 11) is 0. The number of rotatable bonds is 1. The van der Waals surface area contributed by atoms with E-state index >= 15 is 0 Å². The largest absolute Gasteiger partial charge is 0.334 e. The van der Waals surface area contributed by atoms with E-state index in [4.69, 9.17) is 0 Å². The third-order valence-corrected chi connectivity index (χ3v) is 1.67. The summed E-state index contributed by atoms with van der Waals surface area (Å²) in [6, 6.07) is 1.22. The summed E-state index contributed by atoms with van der Waals surface area (Å²) in [5.41, 5.74) is -1.09. The number of nitro groups is 1. The molecule has 0 saturated heterocycles. The molecule has 6 heteroatoms. The summed E-state index contributed by atoms with van der Waals surface area (Å²) in [6.07, 6.45) is 1.41. The number of nitrogens with zero attached hydrogens (tertiary/aromatic N) is 1. The molecule has 1 rings (SSSR count).